The van der Waals surface area contributed by atoms with Crippen LogP contribution in [0, 0.1) is 0 Å². The third-order valence-corrected chi connectivity index (χ3v) is 2.43. The minimum absolute atomic E-state index is 1.08. The number of rotatable bonds is 1. The maximum Gasteiger partial charge on any atom is 0.129 e. The fraction of sp³-hybridized carbons (Fsp3) is 0.583. The van der Waals surface area contributed by atoms with Crippen molar-refractivity contribution in [2.45, 2.75) is 40.0 Å². The SMILES string of the molecule is CC.CCc1ccnc2c1CCCN2. The van der Waals surface area contributed by atoms with Crippen LogP contribution >= 0.6 is 0 Å². The van der Waals surface area contributed by atoms with Crippen LogP contribution in [0.25, 0.3) is 0 Å². The standard InChI is InChI=1S/C10H14N2.C2H6/c1-2-8-5-7-12-10-9(8)4-3-6-11-10;1-2/h5,7H,2-4,6H2,1H3,(H,11,12);1-2H3. The number of fused-ring (bicyclic) bond motifs is 1. The maximum absolute atomic E-state index is 4.32. The van der Waals surface area contributed by atoms with Gasteiger partial charge in [-0.05, 0) is 36.5 Å². The van der Waals surface area contributed by atoms with E-state index in [0.29, 0.717) is 0 Å². The molecule has 1 aliphatic heterocycles. The average molecular weight is 192 g/mol. The van der Waals surface area contributed by atoms with Gasteiger partial charge < -0.3 is 5.32 Å². The van der Waals surface area contributed by atoms with Gasteiger partial charge in [-0.15, -0.1) is 0 Å². The fourth-order valence-electron chi connectivity index (χ4n) is 1.77. The highest BCUT2D eigenvalue weighted by molar-refractivity contribution is 5.50. The van der Waals surface area contributed by atoms with Gasteiger partial charge in [-0.2, -0.15) is 0 Å². The summed E-state index contributed by atoms with van der Waals surface area (Å²) in [4.78, 5) is 4.32. The fourth-order valence-corrected chi connectivity index (χ4v) is 1.77. The Morgan fingerprint density at radius 1 is 1.43 bits per heavy atom. The van der Waals surface area contributed by atoms with Crippen molar-refractivity contribution in [3.8, 4) is 0 Å². The lowest BCUT2D eigenvalue weighted by atomic mass is 10.00. The van der Waals surface area contributed by atoms with Crippen LogP contribution in [0.4, 0.5) is 5.82 Å². The van der Waals surface area contributed by atoms with E-state index in [4.69, 9.17) is 0 Å². The maximum atomic E-state index is 4.32. The largest absolute Gasteiger partial charge is 0.370 e. The van der Waals surface area contributed by atoms with E-state index in [1.54, 1.807) is 0 Å². The zero-order valence-corrected chi connectivity index (χ0v) is 9.43. The first-order valence-corrected chi connectivity index (χ1v) is 5.62. The minimum atomic E-state index is 1.08. The molecule has 0 unspecified atom stereocenters. The summed E-state index contributed by atoms with van der Waals surface area (Å²) in [7, 11) is 0. The predicted octanol–water partition coefficient (Wildman–Crippen LogP) is 3.03. The van der Waals surface area contributed by atoms with Crippen LogP contribution in [-0.4, -0.2) is 11.5 Å². The number of nitrogens with one attached hydrogen (secondary N) is 1. The van der Waals surface area contributed by atoms with Crippen LogP contribution in [0.1, 0.15) is 38.3 Å². The molecular formula is C12H20N2. The van der Waals surface area contributed by atoms with Gasteiger partial charge >= 0.3 is 0 Å². The van der Waals surface area contributed by atoms with E-state index < -0.39 is 0 Å². The Balaban J connectivity index is 0.000000461. The van der Waals surface area contributed by atoms with E-state index in [9.17, 15) is 0 Å². The average Bonchev–Trinajstić information content (AvgIpc) is 2.31. The van der Waals surface area contributed by atoms with Gasteiger partial charge in [0.05, 0.1) is 0 Å². The van der Waals surface area contributed by atoms with Crippen LogP contribution in [0.5, 0.6) is 0 Å². The van der Waals surface area contributed by atoms with Crippen LogP contribution < -0.4 is 5.32 Å². The molecule has 0 atom stereocenters. The monoisotopic (exact) mass is 192 g/mol. The molecule has 1 aliphatic rings. The lowest BCUT2D eigenvalue weighted by Gasteiger charge is -2.18. The van der Waals surface area contributed by atoms with Crippen molar-refractivity contribution in [1.82, 2.24) is 4.98 Å². The van der Waals surface area contributed by atoms with Gasteiger partial charge in [-0.1, -0.05) is 20.8 Å². The topological polar surface area (TPSA) is 24.9 Å². The third kappa shape index (κ3) is 2.25. The molecule has 14 heavy (non-hydrogen) atoms. The van der Waals surface area contributed by atoms with Gasteiger partial charge in [0.25, 0.3) is 0 Å². The first-order chi connectivity index (χ1) is 6.92. The van der Waals surface area contributed by atoms with Crippen molar-refractivity contribution in [2.75, 3.05) is 11.9 Å². The van der Waals surface area contributed by atoms with E-state index in [1.165, 1.54) is 24.0 Å². The number of aryl methyl sites for hydroxylation is 1. The molecular weight excluding hydrogens is 172 g/mol. The predicted molar refractivity (Wildman–Crippen MR) is 61.8 cm³/mol. The molecule has 78 valence electrons. The molecule has 0 spiro atoms. The summed E-state index contributed by atoms with van der Waals surface area (Å²) in [6.45, 7) is 7.28. The molecule has 1 N–H and O–H groups in total. The van der Waals surface area contributed by atoms with E-state index in [0.717, 1.165) is 18.8 Å². The lowest BCUT2D eigenvalue weighted by molar-refractivity contribution is 0.804. The van der Waals surface area contributed by atoms with Crippen molar-refractivity contribution in [2.24, 2.45) is 0 Å². The highest BCUT2D eigenvalue weighted by atomic mass is 15.0. The molecule has 0 bridgehead atoms. The second kappa shape index (κ2) is 5.63. The minimum Gasteiger partial charge on any atom is -0.370 e. The van der Waals surface area contributed by atoms with Crippen molar-refractivity contribution < 1.29 is 0 Å². The van der Waals surface area contributed by atoms with Crippen LogP contribution in [0.15, 0.2) is 12.3 Å². The molecule has 0 fully saturated rings. The molecule has 2 heteroatoms. The number of hydrogen-bond acceptors (Lipinski definition) is 2. The molecule has 0 aromatic carbocycles. The van der Waals surface area contributed by atoms with Crippen molar-refractivity contribution >= 4 is 5.82 Å². The van der Waals surface area contributed by atoms with E-state index >= 15 is 0 Å². The summed E-state index contributed by atoms with van der Waals surface area (Å²) in [6, 6.07) is 2.13. The Morgan fingerprint density at radius 3 is 2.93 bits per heavy atom. The molecule has 1 aromatic heterocycles. The van der Waals surface area contributed by atoms with Crippen LogP contribution in [0.2, 0.25) is 0 Å². The Hall–Kier alpha value is -1.05. The second-order valence-corrected chi connectivity index (χ2v) is 3.18. The lowest BCUT2D eigenvalue weighted by Crippen LogP contribution is -2.14. The van der Waals surface area contributed by atoms with E-state index in [-0.39, 0.29) is 0 Å². The van der Waals surface area contributed by atoms with Gasteiger partial charge in [0.2, 0.25) is 0 Å². The van der Waals surface area contributed by atoms with Crippen LogP contribution in [0.3, 0.4) is 0 Å². The summed E-state index contributed by atoms with van der Waals surface area (Å²) < 4.78 is 0. The second-order valence-electron chi connectivity index (χ2n) is 3.18. The Labute approximate surface area is 86.8 Å². The van der Waals surface area contributed by atoms with Crippen LogP contribution in [-0.2, 0) is 12.8 Å². The molecule has 0 saturated carbocycles. The molecule has 1 aromatic rings. The van der Waals surface area contributed by atoms with Gasteiger partial charge in [0.1, 0.15) is 5.82 Å². The quantitative estimate of drug-likeness (QED) is 0.739. The van der Waals surface area contributed by atoms with Gasteiger partial charge in [-0.25, -0.2) is 4.98 Å². The van der Waals surface area contributed by atoms with Gasteiger partial charge in [0, 0.05) is 12.7 Å². The summed E-state index contributed by atoms with van der Waals surface area (Å²) in [5.74, 6) is 1.11. The van der Waals surface area contributed by atoms with Crippen molar-refractivity contribution in [3.05, 3.63) is 23.4 Å². The molecule has 2 nitrogen and oxygen atoms in total. The number of anilines is 1. The molecule has 0 aliphatic carbocycles. The molecule has 0 amide bonds. The normalized spacial score (nSPS) is 13.4. The number of nitrogens with zero attached hydrogens (tertiary/aromatic N) is 1. The Morgan fingerprint density at radius 2 is 2.21 bits per heavy atom. The van der Waals surface area contributed by atoms with Crippen molar-refractivity contribution in [1.29, 1.82) is 0 Å². The Bertz CT molecular complexity index is 267. The molecule has 2 rings (SSSR count). The van der Waals surface area contributed by atoms with E-state index in [2.05, 4.69) is 23.3 Å². The smallest absolute Gasteiger partial charge is 0.129 e. The number of aromatic nitrogens is 1. The number of hydrogen-bond donors (Lipinski definition) is 1. The Kier molecular flexibility index (Phi) is 4.44. The van der Waals surface area contributed by atoms with Crippen molar-refractivity contribution in [3.63, 3.8) is 0 Å². The zero-order valence-electron chi connectivity index (χ0n) is 9.43. The molecule has 0 saturated heterocycles. The first-order valence-electron chi connectivity index (χ1n) is 5.62. The zero-order chi connectivity index (χ0) is 10.4. The molecule has 2 heterocycles. The summed E-state index contributed by atoms with van der Waals surface area (Å²) in [6.07, 6.45) is 5.45. The highest BCUT2D eigenvalue weighted by Gasteiger charge is 2.11. The van der Waals surface area contributed by atoms with E-state index in [1.807, 2.05) is 20.0 Å². The summed E-state index contributed by atoms with van der Waals surface area (Å²) >= 11 is 0. The highest BCUT2D eigenvalue weighted by Crippen LogP contribution is 2.22. The summed E-state index contributed by atoms with van der Waals surface area (Å²) in [5, 5.41) is 3.33. The third-order valence-electron chi connectivity index (χ3n) is 2.43. The molecule has 0 radical (unpaired) electrons. The number of pyridine rings is 1. The van der Waals surface area contributed by atoms with Gasteiger partial charge in [0.15, 0.2) is 0 Å². The van der Waals surface area contributed by atoms with Gasteiger partial charge in [-0.3, -0.25) is 0 Å². The first kappa shape index (κ1) is 11.0. The summed E-state index contributed by atoms with van der Waals surface area (Å²) in [5.41, 5.74) is 2.89.